The Hall–Kier alpha value is -3.43. The number of benzene rings is 2. The average molecular weight is 311 g/mol. The lowest BCUT2D eigenvalue weighted by molar-refractivity contribution is 1.17. The summed E-state index contributed by atoms with van der Waals surface area (Å²) in [6.45, 7) is 0.647. The standard InChI is InChI=1S/C21H17N3/c1-3-17-5-9-19(10-6-17)13-23-15-21(22)16-24-14-20-11-7-18(4-2)8-12-20/h1-2,5-14,22H,15-16H2. The van der Waals surface area contributed by atoms with Crippen molar-refractivity contribution < 1.29 is 0 Å². The van der Waals surface area contributed by atoms with E-state index >= 15 is 0 Å². The summed E-state index contributed by atoms with van der Waals surface area (Å²) in [6, 6.07) is 15.1. The van der Waals surface area contributed by atoms with Crippen LogP contribution in [0.2, 0.25) is 0 Å². The van der Waals surface area contributed by atoms with Crippen molar-refractivity contribution in [2.45, 2.75) is 0 Å². The molecule has 3 nitrogen and oxygen atoms in total. The summed E-state index contributed by atoms with van der Waals surface area (Å²) in [7, 11) is 0. The minimum Gasteiger partial charge on any atom is -0.306 e. The van der Waals surface area contributed by atoms with Gasteiger partial charge in [-0.25, -0.2) is 0 Å². The number of hydrogen-bond acceptors (Lipinski definition) is 3. The molecule has 1 N–H and O–H groups in total. The predicted octanol–water partition coefficient (Wildman–Crippen LogP) is 3.21. The van der Waals surface area contributed by atoms with Crippen LogP contribution in [0.1, 0.15) is 22.3 Å². The summed E-state index contributed by atoms with van der Waals surface area (Å²) in [5, 5.41) is 7.87. The van der Waals surface area contributed by atoms with Crippen LogP contribution in [-0.2, 0) is 0 Å². The third kappa shape index (κ3) is 5.40. The van der Waals surface area contributed by atoms with Gasteiger partial charge in [-0.3, -0.25) is 9.98 Å². The third-order valence-electron chi connectivity index (χ3n) is 3.20. The van der Waals surface area contributed by atoms with Gasteiger partial charge in [0.25, 0.3) is 0 Å². The number of nitrogens with one attached hydrogen (secondary N) is 1. The van der Waals surface area contributed by atoms with Crippen molar-refractivity contribution in [3.8, 4) is 24.7 Å². The highest BCUT2D eigenvalue weighted by atomic mass is 14.8. The molecule has 0 unspecified atom stereocenters. The van der Waals surface area contributed by atoms with E-state index in [9.17, 15) is 0 Å². The quantitative estimate of drug-likeness (QED) is 0.629. The fourth-order valence-electron chi connectivity index (χ4n) is 1.90. The van der Waals surface area contributed by atoms with E-state index in [-0.39, 0.29) is 0 Å². The highest BCUT2D eigenvalue weighted by Gasteiger charge is 1.94. The van der Waals surface area contributed by atoms with Crippen molar-refractivity contribution in [1.29, 1.82) is 5.41 Å². The Morgan fingerprint density at radius 3 is 1.50 bits per heavy atom. The highest BCUT2D eigenvalue weighted by molar-refractivity contribution is 5.90. The second-order valence-electron chi connectivity index (χ2n) is 5.08. The zero-order valence-corrected chi connectivity index (χ0v) is 13.2. The maximum atomic E-state index is 7.87. The van der Waals surface area contributed by atoms with Gasteiger partial charge in [-0.15, -0.1) is 12.8 Å². The normalized spacial score (nSPS) is 10.6. The van der Waals surface area contributed by atoms with Gasteiger partial charge in [-0.1, -0.05) is 36.1 Å². The van der Waals surface area contributed by atoms with Gasteiger partial charge >= 0.3 is 0 Å². The van der Waals surface area contributed by atoms with E-state index in [2.05, 4.69) is 21.8 Å². The minimum atomic E-state index is 0.324. The lowest BCUT2D eigenvalue weighted by Crippen LogP contribution is -2.06. The largest absolute Gasteiger partial charge is 0.306 e. The maximum absolute atomic E-state index is 7.87. The van der Waals surface area contributed by atoms with Gasteiger partial charge in [0.15, 0.2) is 0 Å². The first kappa shape index (κ1) is 16.9. The van der Waals surface area contributed by atoms with Crippen molar-refractivity contribution in [2.75, 3.05) is 13.1 Å². The topological polar surface area (TPSA) is 48.6 Å². The molecule has 3 heteroatoms. The molecule has 0 saturated heterocycles. The Bertz CT molecular complexity index is 755. The summed E-state index contributed by atoms with van der Waals surface area (Å²) in [5.41, 5.74) is 4.04. The van der Waals surface area contributed by atoms with E-state index in [1.807, 2.05) is 48.5 Å². The molecule has 24 heavy (non-hydrogen) atoms. The smallest absolute Gasteiger partial charge is 0.0784 e. The molecular weight excluding hydrogens is 294 g/mol. The van der Waals surface area contributed by atoms with Crippen molar-refractivity contribution >= 4 is 18.1 Å². The van der Waals surface area contributed by atoms with Gasteiger partial charge in [0.05, 0.1) is 18.8 Å². The van der Waals surface area contributed by atoms with Gasteiger partial charge in [-0.2, -0.15) is 0 Å². The summed E-state index contributed by atoms with van der Waals surface area (Å²) in [6.07, 6.45) is 14.1. The van der Waals surface area contributed by atoms with Crippen LogP contribution < -0.4 is 0 Å². The first-order chi connectivity index (χ1) is 11.7. The molecule has 116 valence electrons. The van der Waals surface area contributed by atoms with Crippen LogP contribution in [0.4, 0.5) is 0 Å². The summed E-state index contributed by atoms with van der Waals surface area (Å²) < 4.78 is 0. The van der Waals surface area contributed by atoms with Crippen LogP contribution in [0, 0.1) is 30.1 Å². The van der Waals surface area contributed by atoms with Gasteiger partial charge < -0.3 is 5.41 Å². The molecule has 0 saturated carbocycles. The van der Waals surface area contributed by atoms with E-state index in [0.717, 1.165) is 22.3 Å². The summed E-state index contributed by atoms with van der Waals surface area (Å²) in [4.78, 5) is 8.50. The molecule has 0 aliphatic heterocycles. The first-order valence-electron chi connectivity index (χ1n) is 7.40. The molecule has 0 heterocycles. The fraction of sp³-hybridized carbons (Fsp3) is 0.0952. The molecule has 2 aromatic rings. The van der Waals surface area contributed by atoms with Crippen molar-refractivity contribution in [3.05, 3.63) is 70.8 Å². The fourth-order valence-corrected chi connectivity index (χ4v) is 1.90. The molecule has 0 radical (unpaired) electrons. The van der Waals surface area contributed by atoms with Crippen molar-refractivity contribution in [2.24, 2.45) is 9.98 Å². The molecule has 0 spiro atoms. The zero-order valence-electron chi connectivity index (χ0n) is 13.2. The highest BCUT2D eigenvalue weighted by Crippen LogP contribution is 2.01. The van der Waals surface area contributed by atoms with Crippen LogP contribution in [0.15, 0.2) is 58.5 Å². The number of rotatable bonds is 6. The Kier molecular flexibility index (Phi) is 6.26. The Morgan fingerprint density at radius 1 is 0.792 bits per heavy atom. The van der Waals surface area contributed by atoms with Gasteiger partial charge in [-0.05, 0) is 35.4 Å². The van der Waals surface area contributed by atoms with Gasteiger partial charge in [0.2, 0.25) is 0 Å². The van der Waals surface area contributed by atoms with E-state index in [0.29, 0.717) is 18.8 Å². The molecule has 0 aliphatic rings. The second kappa shape index (κ2) is 8.88. The number of hydrogen-bond donors (Lipinski definition) is 1. The van der Waals surface area contributed by atoms with Gasteiger partial charge in [0, 0.05) is 23.6 Å². The van der Waals surface area contributed by atoms with Crippen LogP contribution in [0.25, 0.3) is 0 Å². The van der Waals surface area contributed by atoms with Crippen molar-refractivity contribution in [1.82, 2.24) is 0 Å². The number of terminal acetylenes is 2. The van der Waals surface area contributed by atoms with E-state index in [1.165, 1.54) is 0 Å². The van der Waals surface area contributed by atoms with Gasteiger partial charge in [0.1, 0.15) is 0 Å². The molecule has 2 rings (SSSR count). The Labute approximate surface area is 142 Å². The molecule has 0 amide bonds. The number of nitrogens with zero attached hydrogens (tertiary/aromatic N) is 2. The molecule has 0 bridgehead atoms. The van der Waals surface area contributed by atoms with E-state index in [4.69, 9.17) is 18.3 Å². The molecule has 0 fully saturated rings. The molecular formula is C21H17N3. The maximum Gasteiger partial charge on any atom is 0.0784 e. The van der Waals surface area contributed by atoms with Crippen molar-refractivity contribution in [3.63, 3.8) is 0 Å². The number of aliphatic imine (C=N–C) groups is 2. The molecule has 0 atom stereocenters. The van der Waals surface area contributed by atoms with E-state index < -0.39 is 0 Å². The van der Waals surface area contributed by atoms with Crippen LogP contribution >= 0.6 is 0 Å². The third-order valence-corrected chi connectivity index (χ3v) is 3.20. The Morgan fingerprint density at radius 2 is 1.17 bits per heavy atom. The average Bonchev–Trinajstić information content (AvgIpc) is 2.63. The summed E-state index contributed by atoms with van der Waals surface area (Å²) in [5.74, 6) is 5.13. The molecule has 2 aromatic carbocycles. The zero-order chi connectivity index (χ0) is 17.2. The monoisotopic (exact) mass is 311 g/mol. The first-order valence-corrected chi connectivity index (χ1v) is 7.40. The molecule has 0 aliphatic carbocycles. The second-order valence-corrected chi connectivity index (χ2v) is 5.08. The van der Waals surface area contributed by atoms with Crippen LogP contribution in [0.3, 0.4) is 0 Å². The summed E-state index contributed by atoms with van der Waals surface area (Å²) >= 11 is 0. The van der Waals surface area contributed by atoms with E-state index in [1.54, 1.807) is 12.4 Å². The lowest BCUT2D eigenvalue weighted by Gasteiger charge is -1.97. The Balaban J connectivity index is 1.80. The lowest BCUT2D eigenvalue weighted by atomic mass is 10.1. The minimum absolute atomic E-state index is 0.324. The van der Waals surface area contributed by atoms with Crippen LogP contribution in [-0.4, -0.2) is 31.2 Å². The predicted molar refractivity (Wildman–Crippen MR) is 101 cm³/mol. The SMILES string of the molecule is C#Cc1ccc(C=NCC(=N)CN=Cc2ccc(C#C)cc2)cc1. The van der Waals surface area contributed by atoms with Crippen LogP contribution in [0.5, 0.6) is 0 Å². The molecule has 0 aromatic heterocycles.